The summed E-state index contributed by atoms with van der Waals surface area (Å²) in [5, 5.41) is 15.0. The van der Waals surface area contributed by atoms with Gasteiger partial charge in [-0.15, -0.1) is 0 Å². The minimum absolute atomic E-state index is 0.0384. The van der Waals surface area contributed by atoms with Gasteiger partial charge < -0.3 is 15.7 Å². The second kappa shape index (κ2) is 7.74. The SMILES string of the molecule is CCC(CC)C(=O)Nc1ccc(NCC(C)O)nc1. The molecule has 1 unspecified atom stereocenters. The molecule has 0 fully saturated rings. The van der Waals surface area contributed by atoms with Gasteiger partial charge in [0.15, 0.2) is 0 Å². The number of nitrogens with zero attached hydrogens (tertiary/aromatic N) is 1. The van der Waals surface area contributed by atoms with Gasteiger partial charge in [-0.3, -0.25) is 4.79 Å². The van der Waals surface area contributed by atoms with Gasteiger partial charge in [0.2, 0.25) is 5.91 Å². The number of rotatable bonds is 7. The zero-order chi connectivity index (χ0) is 14.3. The van der Waals surface area contributed by atoms with Crippen LogP contribution < -0.4 is 10.6 Å². The van der Waals surface area contributed by atoms with E-state index in [1.54, 1.807) is 25.3 Å². The van der Waals surface area contributed by atoms with Crippen molar-refractivity contribution in [2.24, 2.45) is 5.92 Å². The van der Waals surface area contributed by atoms with E-state index < -0.39 is 6.10 Å². The Balaban J connectivity index is 2.54. The van der Waals surface area contributed by atoms with Crippen LogP contribution in [-0.4, -0.2) is 28.6 Å². The van der Waals surface area contributed by atoms with E-state index in [0.29, 0.717) is 18.1 Å². The number of pyridine rings is 1. The first-order chi connectivity index (χ1) is 9.06. The Hall–Kier alpha value is -1.62. The lowest BCUT2D eigenvalue weighted by Gasteiger charge is -2.13. The van der Waals surface area contributed by atoms with Crippen LogP contribution >= 0.6 is 0 Å². The lowest BCUT2D eigenvalue weighted by molar-refractivity contribution is -0.120. The Morgan fingerprint density at radius 1 is 1.37 bits per heavy atom. The van der Waals surface area contributed by atoms with E-state index in [1.165, 1.54) is 0 Å². The van der Waals surface area contributed by atoms with E-state index >= 15 is 0 Å². The molecule has 0 spiro atoms. The smallest absolute Gasteiger partial charge is 0.227 e. The maximum absolute atomic E-state index is 11.9. The number of carbonyl (C=O) groups excluding carboxylic acids is 1. The molecule has 5 nitrogen and oxygen atoms in total. The quantitative estimate of drug-likeness (QED) is 0.707. The van der Waals surface area contributed by atoms with Crippen molar-refractivity contribution in [2.45, 2.75) is 39.7 Å². The molecule has 1 atom stereocenters. The van der Waals surface area contributed by atoms with Crippen LogP contribution in [0.25, 0.3) is 0 Å². The Morgan fingerprint density at radius 3 is 2.53 bits per heavy atom. The van der Waals surface area contributed by atoms with Gasteiger partial charge in [-0.05, 0) is 31.9 Å². The number of nitrogens with one attached hydrogen (secondary N) is 2. The van der Waals surface area contributed by atoms with Crippen molar-refractivity contribution in [1.29, 1.82) is 0 Å². The van der Waals surface area contributed by atoms with Gasteiger partial charge in [0, 0.05) is 12.5 Å². The second-order valence-electron chi connectivity index (χ2n) is 4.66. The molecule has 0 saturated heterocycles. The van der Waals surface area contributed by atoms with Crippen LogP contribution in [-0.2, 0) is 4.79 Å². The predicted molar refractivity (Wildman–Crippen MR) is 77.1 cm³/mol. The molecule has 1 heterocycles. The molecule has 19 heavy (non-hydrogen) atoms. The van der Waals surface area contributed by atoms with Gasteiger partial charge in [0.25, 0.3) is 0 Å². The highest BCUT2D eigenvalue weighted by atomic mass is 16.3. The Morgan fingerprint density at radius 2 is 2.05 bits per heavy atom. The molecule has 1 amide bonds. The van der Waals surface area contributed by atoms with Crippen LogP contribution in [0.5, 0.6) is 0 Å². The summed E-state index contributed by atoms with van der Waals surface area (Å²) in [5.74, 6) is 0.769. The maximum Gasteiger partial charge on any atom is 0.227 e. The number of amides is 1. The van der Waals surface area contributed by atoms with Crippen molar-refractivity contribution in [2.75, 3.05) is 17.2 Å². The van der Waals surface area contributed by atoms with Crippen molar-refractivity contribution in [3.8, 4) is 0 Å². The zero-order valence-electron chi connectivity index (χ0n) is 11.8. The molecule has 0 saturated carbocycles. The Bertz CT molecular complexity index is 386. The summed E-state index contributed by atoms with van der Waals surface area (Å²) in [7, 11) is 0. The summed E-state index contributed by atoms with van der Waals surface area (Å²) in [4.78, 5) is 16.1. The number of aromatic nitrogens is 1. The van der Waals surface area contributed by atoms with E-state index in [4.69, 9.17) is 5.11 Å². The fourth-order valence-corrected chi connectivity index (χ4v) is 1.73. The molecule has 106 valence electrons. The first-order valence-electron chi connectivity index (χ1n) is 6.75. The normalized spacial score (nSPS) is 12.3. The number of hydrogen-bond acceptors (Lipinski definition) is 4. The number of anilines is 2. The molecule has 0 aliphatic rings. The third-order valence-electron chi connectivity index (χ3n) is 2.97. The van der Waals surface area contributed by atoms with Crippen LogP contribution in [0.4, 0.5) is 11.5 Å². The monoisotopic (exact) mass is 265 g/mol. The average Bonchev–Trinajstić information content (AvgIpc) is 2.39. The predicted octanol–water partition coefficient (Wildman–Crippen LogP) is 2.25. The summed E-state index contributed by atoms with van der Waals surface area (Å²) in [6.07, 6.45) is 2.87. The minimum Gasteiger partial charge on any atom is -0.392 e. The fourth-order valence-electron chi connectivity index (χ4n) is 1.73. The molecule has 0 bridgehead atoms. The van der Waals surface area contributed by atoms with Crippen LogP contribution in [0.15, 0.2) is 18.3 Å². The van der Waals surface area contributed by atoms with Crippen molar-refractivity contribution >= 4 is 17.4 Å². The van der Waals surface area contributed by atoms with Crippen molar-refractivity contribution in [1.82, 2.24) is 4.98 Å². The molecule has 0 aliphatic carbocycles. The molecule has 1 aromatic rings. The highest BCUT2D eigenvalue weighted by Gasteiger charge is 2.13. The summed E-state index contributed by atoms with van der Waals surface area (Å²) in [6.45, 7) is 6.17. The van der Waals surface area contributed by atoms with Gasteiger partial charge in [-0.1, -0.05) is 13.8 Å². The standard InChI is InChI=1S/C14H23N3O2/c1-4-11(5-2)14(19)17-12-6-7-13(16-9-12)15-8-10(3)18/h6-7,9-11,18H,4-5,8H2,1-3H3,(H,15,16)(H,17,19). The maximum atomic E-state index is 11.9. The second-order valence-corrected chi connectivity index (χ2v) is 4.66. The molecule has 1 rings (SSSR count). The highest BCUT2D eigenvalue weighted by Crippen LogP contribution is 2.14. The number of aliphatic hydroxyl groups is 1. The number of carbonyl (C=O) groups is 1. The van der Waals surface area contributed by atoms with E-state index in [0.717, 1.165) is 12.8 Å². The largest absolute Gasteiger partial charge is 0.392 e. The molecular weight excluding hydrogens is 242 g/mol. The van der Waals surface area contributed by atoms with Crippen molar-refractivity contribution in [3.05, 3.63) is 18.3 Å². The lowest BCUT2D eigenvalue weighted by Crippen LogP contribution is -2.21. The van der Waals surface area contributed by atoms with Gasteiger partial charge >= 0.3 is 0 Å². The molecule has 0 aliphatic heterocycles. The lowest BCUT2D eigenvalue weighted by atomic mass is 10.0. The third kappa shape index (κ3) is 5.26. The first kappa shape index (κ1) is 15.4. The Labute approximate surface area is 114 Å². The summed E-state index contributed by atoms with van der Waals surface area (Å²) in [6, 6.07) is 3.59. The van der Waals surface area contributed by atoms with Crippen LogP contribution in [0.3, 0.4) is 0 Å². The molecule has 0 aromatic carbocycles. The summed E-state index contributed by atoms with van der Waals surface area (Å²) in [5.41, 5.74) is 0.694. The van der Waals surface area contributed by atoms with E-state index in [1.807, 2.05) is 13.8 Å². The number of aliphatic hydroxyl groups excluding tert-OH is 1. The van der Waals surface area contributed by atoms with E-state index in [2.05, 4.69) is 15.6 Å². The van der Waals surface area contributed by atoms with Gasteiger partial charge in [-0.2, -0.15) is 0 Å². The average molecular weight is 265 g/mol. The highest BCUT2D eigenvalue weighted by molar-refractivity contribution is 5.92. The molecular formula is C14H23N3O2. The molecule has 5 heteroatoms. The van der Waals surface area contributed by atoms with Crippen LogP contribution in [0.1, 0.15) is 33.6 Å². The van der Waals surface area contributed by atoms with Gasteiger partial charge in [0.05, 0.1) is 18.0 Å². The van der Waals surface area contributed by atoms with Crippen LogP contribution in [0.2, 0.25) is 0 Å². The Kier molecular flexibility index (Phi) is 6.29. The first-order valence-corrected chi connectivity index (χ1v) is 6.75. The van der Waals surface area contributed by atoms with Crippen molar-refractivity contribution < 1.29 is 9.90 Å². The van der Waals surface area contributed by atoms with Crippen LogP contribution in [0, 0.1) is 5.92 Å². The van der Waals surface area contributed by atoms with Gasteiger partial charge in [-0.25, -0.2) is 4.98 Å². The molecule has 3 N–H and O–H groups in total. The third-order valence-corrected chi connectivity index (χ3v) is 2.97. The topological polar surface area (TPSA) is 74.2 Å². The van der Waals surface area contributed by atoms with E-state index in [9.17, 15) is 4.79 Å². The molecule has 1 aromatic heterocycles. The fraction of sp³-hybridized carbons (Fsp3) is 0.571. The summed E-state index contributed by atoms with van der Waals surface area (Å²) >= 11 is 0. The zero-order valence-corrected chi connectivity index (χ0v) is 11.8. The van der Waals surface area contributed by atoms with Gasteiger partial charge in [0.1, 0.15) is 5.82 Å². The number of hydrogen-bond donors (Lipinski definition) is 3. The van der Waals surface area contributed by atoms with Crippen molar-refractivity contribution in [3.63, 3.8) is 0 Å². The minimum atomic E-state index is -0.420. The molecule has 0 radical (unpaired) electrons. The summed E-state index contributed by atoms with van der Waals surface area (Å²) < 4.78 is 0. The van der Waals surface area contributed by atoms with E-state index in [-0.39, 0.29) is 11.8 Å².